The molecule has 0 aromatic rings. The summed E-state index contributed by atoms with van der Waals surface area (Å²) in [5, 5.41) is 3.75. The van der Waals surface area contributed by atoms with Gasteiger partial charge in [0.15, 0.2) is 0 Å². The highest BCUT2D eigenvalue weighted by atomic mass is 16.5. The van der Waals surface area contributed by atoms with Crippen molar-refractivity contribution < 1.29 is 9.47 Å². The fourth-order valence-electron chi connectivity index (χ4n) is 3.87. The predicted molar refractivity (Wildman–Crippen MR) is 85.1 cm³/mol. The highest BCUT2D eigenvalue weighted by Crippen LogP contribution is 2.45. The molecule has 0 aromatic heterocycles. The molecule has 1 saturated carbocycles. The summed E-state index contributed by atoms with van der Waals surface area (Å²) in [4.78, 5) is 0. The largest absolute Gasteiger partial charge is 0.382 e. The first-order valence-electron chi connectivity index (χ1n) is 8.15. The molecule has 3 nitrogen and oxygen atoms in total. The van der Waals surface area contributed by atoms with Gasteiger partial charge in [0.1, 0.15) is 0 Å². The van der Waals surface area contributed by atoms with Gasteiger partial charge in [0, 0.05) is 19.8 Å². The van der Waals surface area contributed by atoms with E-state index in [0.717, 1.165) is 26.2 Å². The molecule has 0 aliphatic heterocycles. The van der Waals surface area contributed by atoms with Crippen LogP contribution in [0.5, 0.6) is 0 Å². The summed E-state index contributed by atoms with van der Waals surface area (Å²) in [5.41, 5.74) is 0.950. The van der Waals surface area contributed by atoms with E-state index in [4.69, 9.17) is 9.47 Å². The summed E-state index contributed by atoms with van der Waals surface area (Å²) in [6.07, 6.45) is 6.29. The van der Waals surface area contributed by atoms with Gasteiger partial charge in [-0.1, -0.05) is 27.7 Å². The standard InChI is InChI=1S/C17H35NO2/c1-16(2)12-15(13-17(3,4)14-16)18-8-6-7-9-20-11-10-19-5/h15,18H,6-14H2,1-5H3. The van der Waals surface area contributed by atoms with E-state index in [0.29, 0.717) is 23.5 Å². The highest BCUT2D eigenvalue weighted by molar-refractivity contribution is 4.92. The van der Waals surface area contributed by atoms with E-state index in [2.05, 4.69) is 33.0 Å². The Hall–Kier alpha value is -0.120. The molecule has 3 heteroatoms. The summed E-state index contributed by atoms with van der Waals surface area (Å²) in [6, 6.07) is 0.683. The SMILES string of the molecule is COCCOCCCCNC1CC(C)(C)CC(C)(C)C1. The second-order valence-corrected chi connectivity index (χ2v) is 7.88. The van der Waals surface area contributed by atoms with Crippen LogP contribution in [-0.4, -0.2) is 39.5 Å². The average Bonchev–Trinajstić information content (AvgIpc) is 2.28. The van der Waals surface area contributed by atoms with Gasteiger partial charge in [0.2, 0.25) is 0 Å². The van der Waals surface area contributed by atoms with Gasteiger partial charge in [0.25, 0.3) is 0 Å². The molecule has 0 spiro atoms. The van der Waals surface area contributed by atoms with E-state index in [1.165, 1.54) is 25.7 Å². The minimum atomic E-state index is 0.475. The molecular formula is C17H35NO2. The van der Waals surface area contributed by atoms with Gasteiger partial charge in [-0.25, -0.2) is 0 Å². The van der Waals surface area contributed by atoms with Crippen LogP contribution in [0.3, 0.4) is 0 Å². The fraction of sp³-hybridized carbons (Fsp3) is 1.00. The van der Waals surface area contributed by atoms with Crippen LogP contribution in [0.4, 0.5) is 0 Å². The number of rotatable bonds is 9. The molecule has 0 heterocycles. The van der Waals surface area contributed by atoms with Crippen molar-refractivity contribution in [3.8, 4) is 0 Å². The van der Waals surface area contributed by atoms with Gasteiger partial charge >= 0.3 is 0 Å². The quantitative estimate of drug-likeness (QED) is 0.656. The maximum Gasteiger partial charge on any atom is 0.0700 e. The summed E-state index contributed by atoms with van der Waals surface area (Å²) < 4.78 is 10.4. The molecule has 1 fully saturated rings. The number of hydrogen-bond donors (Lipinski definition) is 1. The lowest BCUT2D eigenvalue weighted by molar-refractivity contribution is 0.0674. The van der Waals surface area contributed by atoms with Crippen molar-refractivity contribution in [3.05, 3.63) is 0 Å². The van der Waals surface area contributed by atoms with Crippen LogP contribution >= 0.6 is 0 Å². The normalized spacial score (nSPS) is 22.1. The first-order valence-corrected chi connectivity index (χ1v) is 8.15. The van der Waals surface area contributed by atoms with Crippen LogP contribution in [0, 0.1) is 10.8 Å². The molecule has 1 aliphatic carbocycles. The second-order valence-electron chi connectivity index (χ2n) is 7.88. The minimum Gasteiger partial charge on any atom is -0.382 e. The third-order valence-corrected chi connectivity index (χ3v) is 4.14. The summed E-state index contributed by atoms with van der Waals surface area (Å²) in [5.74, 6) is 0. The van der Waals surface area contributed by atoms with Crippen LogP contribution in [-0.2, 0) is 9.47 Å². The Bertz CT molecular complexity index is 248. The van der Waals surface area contributed by atoms with Gasteiger partial charge in [-0.15, -0.1) is 0 Å². The Balaban J connectivity index is 2.09. The van der Waals surface area contributed by atoms with E-state index in [9.17, 15) is 0 Å². The molecule has 0 atom stereocenters. The predicted octanol–water partition coefficient (Wildman–Crippen LogP) is 3.62. The molecular weight excluding hydrogens is 250 g/mol. The molecule has 0 bridgehead atoms. The molecule has 120 valence electrons. The summed E-state index contributed by atoms with van der Waals surface area (Å²) in [6.45, 7) is 13.0. The monoisotopic (exact) mass is 285 g/mol. The second kappa shape index (κ2) is 8.35. The topological polar surface area (TPSA) is 30.5 Å². The summed E-state index contributed by atoms with van der Waals surface area (Å²) in [7, 11) is 1.71. The number of hydrogen-bond acceptors (Lipinski definition) is 3. The first-order chi connectivity index (χ1) is 9.35. The molecule has 1 N–H and O–H groups in total. The van der Waals surface area contributed by atoms with Crippen molar-refractivity contribution in [2.45, 2.75) is 65.8 Å². The zero-order valence-electron chi connectivity index (χ0n) is 14.3. The van der Waals surface area contributed by atoms with Crippen molar-refractivity contribution in [1.29, 1.82) is 0 Å². The van der Waals surface area contributed by atoms with E-state index in [1.807, 2.05) is 0 Å². The van der Waals surface area contributed by atoms with Crippen molar-refractivity contribution in [2.24, 2.45) is 10.8 Å². The molecule has 20 heavy (non-hydrogen) atoms. The van der Waals surface area contributed by atoms with Crippen molar-refractivity contribution >= 4 is 0 Å². The Morgan fingerprint density at radius 3 is 2.20 bits per heavy atom. The molecule has 0 radical (unpaired) electrons. The van der Waals surface area contributed by atoms with E-state index >= 15 is 0 Å². The Morgan fingerprint density at radius 1 is 0.950 bits per heavy atom. The maximum absolute atomic E-state index is 5.48. The van der Waals surface area contributed by atoms with Gasteiger partial charge in [-0.3, -0.25) is 0 Å². The average molecular weight is 285 g/mol. The van der Waals surface area contributed by atoms with E-state index < -0.39 is 0 Å². The zero-order chi connectivity index (χ0) is 15.1. The smallest absolute Gasteiger partial charge is 0.0700 e. The molecule has 0 saturated heterocycles. The van der Waals surface area contributed by atoms with Gasteiger partial charge in [-0.05, 0) is 49.5 Å². The fourth-order valence-corrected chi connectivity index (χ4v) is 3.87. The Kier molecular flexibility index (Phi) is 7.49. The van der Waals surface area contributed by atoms with Crippen LogP contribution < -0.4 is 5.32 Å². The zero-order valence-corrected chi connectivity index (χ0v) is 14.3. The van der Waals surface area contributed by atoms with Gasteiger partial charge in [0.05, 0.1) is 13.2 Å². The minimum absolute atomic E-state index is 0.475. The molecule has 1 rings (SSSR count). The maximum atomic E-state index is 5.48. The molecule has 0 aromatic carbocycles. The molecule has 0 unspecified atom stereocenters. The van der Waals surface area contributed by atoms with E-state index in [1.54, 1.807) is 7.11 Å². The van der Waals surface area contributed by atoms with Gasteiger partial charge < -0.3 is 14.8 Å². The van der Waals surface area contributed by atoms with Crippen LogP contribution in [0.2, 0.25) is 0 Å². The van der Waals surface area contributed by atoms with Crippen LogP contribution in [0.1, 0.15) is 59.8 Å². The van der Waals surface area contributed by atoms with Crippen molar-refractivity contribution in [2.75, 3.05) is 33.5 Å². The lowest BCUT2D eigenvalue weighted by atomic mass is 9.63. The highest BCUT2D eigenvalue weighted by Gasteiger charge is 2.37. The number of methoxy groups -OCH3 is 1. The third kappa shape index (κ3) is 7.61. The van der Waals surface area contributed by atoms with Crippen LogP contribution in [0.25, 0.3) is 0 Å². The van der Waals surface area contributed by atoms with Gasteiger partial charge in [-0.2, -0.15) is 0 Å². The first kappa shape index (κ1) is 17.9. The van der Waals surface area contributed by atoms with E-state index in [-0.39, 0.29) is 0 Å². The lowest BCUT2D eigenvalue weighted by Gasteiger charge is -2.45. The number of ether oxygens (including phenoxy) is 2. The Labute approximate surface area is 125 Å². The third-order valence-electron chi connectivity index (χ3n) is 4.14. The van der Waals surface area contributed by atoms with Crippen molar-refractivity contribution in [1.82, 2.24) is 5.32 Å². The Morgan fingerprint density at radius 2 is 1.60 bits per heavy atom. The van der Waals surface area contributed by atoms with Crippen molar-refractivity contribution in [3.63, 3.8) is 0 Å². The number of unbranched alkanes of at least 4 members (excludes halogenated alkanes) is 1. The van der Waals surface area contributed by atoms with Crippen LogP contribution in [0.15, 0.2) is 0 Å². The summed E-state index contributed by atoms with van der Waals surface area (Å²) >= 11 is 0. The molecule has 0 amide bonds. The molecule has 1 aliphatic rings. The lowest BCUT2D eigenvalue weighted by Crippen LogP contribution is -2.44. The number of nitrogens with one attached hydrogen (secondary N) is 1.